The Kier molecular flexibility index (Phi) is 4.00. The van der Waals surface area contributed by atoms with E-state index in [1.165, 1.54) is 16.8 Å². The Morgan fingerprint density at radius 1 is 1.32 bits per heavy atom. The molecule has 0 atom stereocenters. The second-order valence-corrected chi connectivity index (χ2v) is 5.50. The van der Waals surface area contributed by atoms with Crippen molar-refractivity contribution in [3.63, 3.8) is 0 Å². The van der Waals surface area contributed by atoms with Crippen LogP contribution in [0.25, 0.3) is 5.69 Å². The van der Waals surface area contributed by atoms with E-state index in [0.29, 0.717) is 17.1 Å². The summed E-state index contributed by atoms with van der Waals surface area (Å²) in [4.78, 5) is 13.7. The maximum absolute atomic E-state index is 14.4. The summed E-state index contributed by atoms with van der Waals surface area (Å²) in [6.45, 7) is 1.59. The number of halogens is 1. The number of benzene rings is 1. The summed E-state index contributed by atoms with van der Waals surface area (Å²) in [7, 11) is 0. The lowest BCUT2D eigenvalue weighted by molar-refractivity contribution is 0.463. The number of rotatable bonds is 3. The van der Waals surface area contributed by atoms with Crippen molar-refractivity contribution in [3.8, 4) is 5.69 Å². The SMILES string of the molecule is NCc1cn(-c2ccc(N3CCC(N)CC3)c(F)c2)c(=O)o1. The highest BCUT2D eigenvalue weighted by molar-refractivity contribution is 5.52. The van der Waals surface area contributed by atoms with Crippen LogP contribution in [0.3, 0.4) is 0 Å². The Hall–Kier alpha value is -2.12. The number of hydrogen-bond donors (Lipinski definition) is 2. The second-order valence-electron chi connectivity index (χ2n) is 5.50. The molecule has 2 aromatic rings. The molecule has 1 aromatic heterocycles. The first-order chi connectivity index (χ1) is 10.6. The van der Waals surface area contributed by atoms with Gasteiger partial charge in [-0.05, 0) is 25.0 Å². The highest BCUT2D eigenvalue weighted by Gasteiger charge is 2.19. The zero-order valence-electron chi connectivity index (χ0n) is 12.2. The summed E-state index contributed by atoms with van der Waals surface area (Å²) in [5.74, 6) is -0.577. The Morgan fingerprint density at radius 3 is 2.64 bits per heavy atom. The maximum Gasteiger partial charge on any atom is 0.423 e. The molecule has 0 unspecified atom stereocenters. The molecule has 3 rings (SSSR count). The molecule has 0 aliphatic carbocycles. The average Bonchev–Trinajstić information content (AvgIpc) is 2.89. The van der Waals surface area contributed by atoms with Crippen molar-refractivity contribution >= 4 is 5.69 Å². The predicted molar refractivity (Wildman–Crippen MR) is 81.6 cm³/mol. The molecule has 0 spiro atoms. The van der Waals surface area contributed by atoms with Crippen molar-refractivity contribution in [2.75, 3.05) is 18.0 Å². The zero-order valence-corrected chi connectivity index (χ0v) is 12.2. The van der Waals surface area contributed by atoms with Crippen LogP contribution in [0.15, 0.2) is 33.6 Å². The molecule has 6 nitrogen and oxygen atoms in total. The van der Waals surface area contributed by atoms with Crippen LogP contribution in [0.1, 0.15) is 18.6 Å². The predicted octanol–water partition coefficient (Wildman–Crippen LogP) is 0.956. The van der Waals surface area contributed by atoms with Crippen LogP contribution in [0.4, 0.5) is 10.1 Å². The summed E-state index contributed by atoms with van der Waals surface area (Å²) in [5, 5.41) is 0. The molecular formula is C15H19FN4O2. The third kappa shape index (κ3) is 2.77. The van der Waals surface area contributed by atoms with Gasteiger partial charge in [0.2, 0.25) is 0 Å². The minimum Gasteiger partial charge on any atom is -0.411 e. The molecule has 4 N–H and O–H groups in total. The molecular weight excluding hydrogens is 287 g/mol. The standard InChI is InChI=1S/C15H19FN4O2/c16-13-7-11(20-9-12(8-17)22-15(20)21)1-2-14(13)19-5-3-10(18)4-6-19/h1-2,7,9-10H,3-6,8,17-18H2. The van der Waals surface area contributed by atoms with Gasteiger partial charge >= 0.3 is 5.76 Å². The number of nitrogens with zero attached hydrogens (tertiary/aromatic N) is 2. The molecule has 0 saturated carbocycles. The highest BCUT2D eigenvalue weighted by Crippen LogP contribution is 2.25. The molecule has 7 heteroatoms. The highest BCUT2D eigenvalue weighted by atomic mass is 19.1. The van der Waals surface area contributed by atoms with Crippen LogP contribution in [0.2, 0.25) is 0 Å². The summed E-state index contributed by atoms with van der Waals surface area (Å²) in [5.41, 5.74) is 12.3. The Balaban J connectivity index is 1.88. The van der Waals surface area contributed by atoms with E-state index in [0.717, 1.165) is 25.9 Å². The molecule has 0 radical (unpaired) electrons. The monoisotopic (exact) mass is 306 g/mol. The third-order valence-electron chi connectivity index (χ3n) is 3.98. The lowest BCUT2D eigenvalue weighted by Crippen LogP contribution is -2.40. The van der Waals surface area contributed by atoms with Gasteiger partial charge < -0.3 is 20.8 Å². The number of oxazole rings is 1. The van der Waals surface area contributed by atoms with Crippen molar-refractivity contribution in [3.05, 3.63) is 46.5 Å². The summed E-state index contributed by atoms with van der Waals surface area (Å²) in [6, 6.07) is 4.91. The van der Waals surface area contributed by atoms with Crippen LogP contribution in [-0.4, -0.2) is 23.7 Å². The third-order valence-corrected chi connectivity index (χ3v) is 3.98. The number of aromatic nitrogens is 1. The van der Waals surface area contributed by atoms with Gasteiger partial charge in [0, 0.05) is 25.2 Å². The van der Waals surface area contributed by atoms with E-state index in [4.69, 9.17) is 15.9 Å². The maximum atomic E-state index is 14.4. The average molecular weight is 306 g/mol. The summed E-state index contributed by atoms with van der Waals surface area (Å²) < 4.78 is 20.6. The number of hydrogen-bond acceptors (Lipinski definition) is 5. The first-order valence-corrected chi connectivity index (χ1v) is 7.30. The molecule has 1 aromatic carbocycles. The van der Waals surface area contributed by atoms with Crippen LogP contribution < -0.4 is 22.1 Å². The Bertz CT molecular complexity index is 717. The minimum absolute atomic E-state index is 0.122. The fraction of sp³-hybridized carbons (Fsp3) is 0.400. The molecule has 1 saturated heterocycles. The van der Waals surface area contributed by atoms with Gasteiger partial charge in [-0.15, -0.1) is 0 Å². The van der Waals surface area contributed by atoms with Crippen molar-refractivity contribution in [1.29, 1.82) is 0 Å². The van der Waals surface area contributed by atoms with Crippen molar-refractivity contribution in [2.45, 2.75) is 25.4 Å². The van der Waals surface area contributed by atoms with Gasteiger partial charge in [0.15, 0.2) is 0 Å². The molecule has 2 heterocycles. The van der Waals surface area contributed by atoms with Gasteiger partial charge in [-0.1, -0.05) is 0 Å². The second kappa shape index (κ2) is 5.94. The lowest BCUT2D eigenvalue weighted by atomic mass is 10.1. The topological polar surface area (TPSA) is 90.4 Å². The lowest BCUT2D eigenvalue weighted by Gasteiger charge is -2.32. The smallest absolute Gasteiger partial charge is 0.411 e. The van der Waals surface area contributed by atoms with Crippen LogP contribution in [0, 0.1) is 5.82 Å². The number of anilines is 1. The first-order valence-electron chi connectivity index (χ1n) is 7.30. The van der Waals surface area contributed by atoms with Crippen molar-refractivity contribution in [1.82, 2.24) is 4.57 Å². The fourth-order valence-electron chi connectivity index (χ4n) is 2.70. The number of piperidine rings is 1. The molecule has 118 valence electrons. The van der Waals surface area contributed by atoms with E-state index in [2.05, 4.69) is 0 Å². The number of nitrogens with two attached hydrogens (primary N) is 2. The van der Waals surface area contributed by atoms with E-state index in [-0.39, 0.29) is 18.4 Å². The first kappa shape index (κ1) is 14.8. The minimum atomic E-state index is -0.573. The van der Waals surface area contributed by atoms with Gasteiger partial charge in [0.05, 0.1) is 24.1 Å². The van der Waals surface area contributed by atoms with E-state index < -0.39 is 5.76 Å². The summed E-state index contributed by atoms with van der Waals surface area (Å²) in [6.07, 6.45) is 3.18. The van der Waals surface area contributed by atoms with Gasteiger partial charge in [-0.25, -0.2) is 13.8 Å². The molecule has 1 aliphatic rings. The molecule has 1 aliphatic heterocycles. The van der Waals surface area contributed by atoms with E-state index in [1.54, 1.807) is 12.1 Å². The quantitative estimate of drug-likeness (QED) is 0.881. The normalized spacial score (nSPS) is 16.2. The van der Waals surface area contributed by atoms with Crippen LogP contribution in [0.5, 0.6) is 0 Å². The van der Waals surface area contributed by atoms with Crippen molar-refractivity contribution < 1.29 is 8.81 Å². The molecule has 0 bridgehead atoms. The van der Waals surface area contributed by atoms with Gasteiger partial charge in [0.1, 0.15) is 11.6 Å². The molecule has 0 amide bonds. The Morgan fingerprint density at radius 2 is 2.05 bits per heavy atom. The molecule has 1 fully saturated rings. The van der Waals surface area contributed by atoms with E-state index in [9.17, 15) is 9.18 Å². The van der Waals surface area contributed by atoms with Gasteiger partial charge in [0.25, 0.3) is 0 Å². The molecule has 22 heavy (non-hydrogen) atoms. The Labute approximate surface area is 127 Å². The van der Waals surface area contributed by atoms with Crippen molar-refractivity contribution in [2.24, 2.45) is 11.5 Å². The zero-order chi connectivity index (χ0) is 15.7. The van der Waals surface area contributed by atoms with Gasteiger partial charge in [-0.2, -0.15) is 0 Å². The largest absolute Gasteiger partial charge is 0.423 e. The summed E-state index contributed by atoms with van der Waals surface area (Å²) >= 11 is 0. The van der Waals surface area contributed by atoms with Crippen LogP contribution in [-0.2, 0) is 6.54 Å². The fourth-order valence-corrected chi connectivity index (χ4v) is 2.70. The van der Waals surface area contributed by atoms with Gasteiger partial charge in [-0.3, -0.25) is 0 Å². The van der Waals surface area contributed by atoms with E-state index in [1.807, 2.05) is 4.90 Å². The van der Waals surface area contributed by atoms with Crippen LogP contribution >= 0.6 is 0 Å². The van der Waals surface area contributed by atoms with E-state index >= 15 is 0 Å².